The van der Waals surface area contributed by atoms with Crippen molar-refractivity contribution < 1.29 is 43.7 Å². The van der Waals surface area contributed by atoms with Crippen molar-refractivity contribution in [3.63, 3.8) is 0 Å². The SMILES string of the molecule is CC(C)c1cccc(C(C)C)c1N=CC(=O)c1c(Cl)c(Cl)[nH]c(=O)c1-c1[c-]cccc1.Cc1cc(C)c(N=CC(=O)c2ccc(-c3ccccc3)[nH]c2=O)c(C)c1.[Cu+].[Fe]. The number of halogens is 2. The number of rotatable bonds is 10. The van der Waals surface area contributed by atoms with Gasteiger partial charge >= 0.3 is 17.1 Å². The molecule has 0 unspecified atom stereocenters. The molecular weight excluding hydrogens is 875 g/mol. The molecule has 0 saturated carbocycles. The number of aromatic amines is 2. The number of hydrogen-bond acceptors (Lipinski definition) is 6. The number of hydrogen-bond donors (Lipinski definition) is 2. The minimum absolute atomic E-state index is 0. The van der Waals surface area contributed by atoms with Crippen LogP contribution in [0.3, 0.4) is 0 Å². The van der Waals surface area contributed by atoms with E-state index in [-0.39, 0.29) is 72.8 Å². The van der Waals surface area contributed by atoms with Crippen molar-refractivity contribution in [1.82, 2.24) is 9.97 Å². The number of ketones is 2. The number of nitrogens with one attached hydrogen (secondary N) is 2. The summed E-state index contributed by atoms with van der Waals surface area (Å²) in [4.78, 5) is 64.7. The van der Waals surface area contributed by atoms with Crippen LogP contribution in [0.5, 0.6) is 0 Å². The second kappa shape index (κ2) is 21.9. The predicted molar refractivity (Wildman–Crippen MR) is 234 cm³/mol. The molecule has 6 rings (SSSR count). The molecular formula is C47H43Cl2CuFeN4O4. The van der Waals surface area contributed by atoms with Gasteiger partial charge in [-0.1, -0.05) is 117 Å². The first-order chi connectivity index (χ1) is 27.2. The average molecular weight is 918 g/mol. The Hall–Kier alpha value is -4.92. The zero-order valence-electron chi connectivity index (χ0n) is 33.5. The van der Waals surface area contributed by atoms with Gasteiger partial charge in [0, 0.05) is 28.3 Å². The molecule has 0 spiro atoms. The maximum atomic E-state index is 13.2. The Morgan fingerprint density at radius 2 is 1.27 bits per heavy atom. The van der Waals surface area contributed by atoms with E-state index in [9.17, 15) is 19.2 Å². The van der Waals surface area contributed by atoms with Gasteiger partial charge in [-0.15, -0.1) is 35.9 Å². The first-order valence-electron chi connectivity index (χ1n) is 18.4. The van der Waals surface area contributed by atoms with E-state index in [2.05, 4.69) is 53.7 Å². The van der Waals surface area contributed by atoms with Gasteiger partial charge in [0.2, 0.25) is 11.3 Å². The Balaban J connectivity index is 0.000000309. The normalized spacial score (nSPS) is 11.0. The number of H-pyrrole nitrogens is 2. The van der Waals surface area contributed by atoms with E-state index in [4.69, 9.17) is 23.2 Å². The van der Waals surface area contributed by atoms with E-state index in [1.54, 1.807) is 36.4 Å². The summed E-state index contributed by atoms with van der Waals surface area (Å²) in [7, 11) is 0. The number of carbonyl (C=O) groups is 2. The summed E-state index contributed by atoms with van der Waals surface area (Å²) in [6.45, 7) is 14.3. The number of nitrogens with zero attached hydrogens (tertiary/aromatic N) is 2. The molecule has 0 fully saturated rings. The number of para-hydroxylation sites is 1. The number of aliphatic imine (C=N–C) groups is 2. The van der Waals surface area contributed by atoms with Crippen LogP contribution in [0.4, 0.5) is 11.4 Å². The molecule has 2 heterocycles. The number of carbonyl (C=O) groups excluding carboxylic acids is 2. The summed E-state index contributed by atoms with van der Waals surface area (Å²) < 4.78 is 0. The molecule has 0 amide bonds. The summed E-state index contributed by atoms with van der Waals surface area (Å²) in [6.07, 6.45) is 2.44. The van der Waals surface area contributed by atoms with Crippen molar-refractivity contribution in [3.05, 3.63) is 173 Å². The molecule has 0 aliphatic carbocycles. The standard InChI is InChI=1S/C25H23Cl2N2O2.C22H20N2O2.Cu.Fe/c1-14(2)17-11-8-12-18(15(3)4)23(17)28-13-19(30)21-20(16-9-6-5-7-10-16)25(31)29-24(27)22(21)26;1-14-11-15(2)21(16(3)12-14)23-13-20(25)18-9-10-19(24-22(18)26)17-7-5-4-6-8-17;;/h5-9,11-15H,1-4H3,(H,29,31);4-13H,1-3H3,(H,24,26);;/q-1;;+1;. The third-order valence-corrected chi connectivity index (χ3v) is 9.95. The molecule has 4 aromatic carbocycles. The van der Waals surface area contributed by atoms with E-state index in [0.717, 1.165) is 44.8 Å². The Morgan fingerprint density at radius 1 is 0.695 bits per heavy atom. The molecule has 0 aliphatic rings. The smallest absolute Gasteiger partial charge is 0.321 e. The second-order valence-corrected chi connectivity index (χ2v) is 14.9. The van der Waals surface area contributed by atoms with Gasteiger partial charge in [-0.05, 0) is 78.1 Å². The maximum Gasteiger partial charge on any atom is 1.00 e. The summed E-state index contributed by atoms with van der Waals surface area (Å²) >= 11 is 12.4. The Bertz CT molecular complexity index is 2570. The molecule has 0 radical (unpaired) electrons. The molecule has 308 valence electrons. The molecule has 0 saturated heterocycles. The van der Waals surface area contributed by atoms with Crippen LogP contribution in [0.15, 0.2) is 117 Å². The minimum atomic E-state index is -0.515. The minimum Gasteiger partial charge on any atom is -0.321 e. The molecule has 6 aromatic rings. The molecule has 2 N–H and O–H groups in total. The largest absolute Gasteiger partial charge is 1.00 e. The van der Waals surface area contributed by atoms with E-state index in [1.165, 1.54) is 12.4 Å². The Labute approximate surface area is 375 Å². The van der Waals surface area contributed by atoms with E-state index < -0.39 is 22.7 Å². The van der Waals surface area contributed by atoms with E-state index >= 15 is 0 Å². The van der Waals surface area contributed by atoms with Crippen LogP contribution in [0, 0.1) is 26.8 Å². The van der Waals surface area contributed by atoms with Gasteiger partial charge in [0.15, 0.2) is 5.78 Å². The van der Waals surface area contributed by atoms with Gasteiger partial charge in [0.25, 0.3) is 5.56 Å². The summed E-state index contributed by atoms with van der Waals surface area (Å²) in [5.41, 5.74) is 8.06. The molecule has 8 nitrogen and oxygen atoms in total. The third kappa shape index (κ3) is 11.9. The Morgan fingerprint density at radius 3 is 1.83 bits per heavy atom. The van der Waals surface area contributed by atoms with Gasteiger partial charge in [-0.25, -0.2) is 0 Å². The van der Waals surface area contributed by atoms with E-state index in [0.29, 0.717) is 11.3 Å². The van der Waals surface area contributed by atoms with E-state index in [1.807, 2.05) is 81.4 Å². The van der Waals surface area contributed by atoms with Crippen LogP contribution in [0.25, 0.3) is 22.4 Å². The number of pyridine rings is 2. The third-order valence-electron chi connectivity index (χ3n) is 9.20. The van der Waals surface area contributed by atoms with Crippen molar-refractivity contribution in [2.75, 3.05) is 0 Å². The summed E-state index contributed by atoms with van der Waals surface area (Å²) in [6, 6.07) is 32.7. The molecule has 0 aliphatic heterocycles. The van der Waals surface area contributed by atoms with Crippen LogP contribution in [0.1, 0.15) is 88.1 Å². The molecule has 0 bridgehead atoms. The van der Waals surface area contributed by atoms with Crippen LogP contribution >= 0.6 is 23.2 Å². The van der Waals surface area contributed by atoms with Gasteiger partial charge in [-0.2, -0.15) is 0 Å². The van der Waals surface area contributed by atoms with Gasteiger partial charge in [0.05, 0.1) is 34.4 Å². The van der Waals surface area contributed by atoms with Gasteiger partial charge in [0.1, 0.15) is 5.15 Å². The zero-order valence-corrected chi connectivity index (χ0v) is 37.0. The quantitative estimate of drug-likeness (QED) is 0.0467. The summed E-state index contributed by atoms with van der Waals surface area (Å²) in [5.74, 6) is -0.454. The average Bonchev–Trinajstić information content (AvgIpc) is 3.18. The monoisotopic (exact) mass is 916 g/mol. The zero-order chi connectivity index (χ0) is 41.4. The van der Waals surface area contributed by atoms with Crippen LogP contribution in [-0.2, 0) is 34.1 Å². The van der Waals surface area contributed by atoms with Crippen LogP contribution < -0.4 is 11.1 Å². The fraction of sp³-hybridized carbons (Fsp3) is 0.191. The molecule has 2 aromatic heterocycles. The van der Waals surface area contributed by atoms with Crippen molar-refractivity contribution in [2.45, 2.75) is 60.3 Å². The second-order valence-electron chi connectivity index (χ2n) is 14.2. The Kier molecular flexibility index (Phi) is 18.0. The van der Waals surface area contributed by atoms with Crippen LogP contribution in [-0.4, -0.2) is 34.0 Å². The molecule has 59 heavy (non-hydrogen) atoms. The number of benzene rings is 4. The van der Waals surface area contributed by atoms with Gasteiger partial charge in [-0.3, -0.25) is 29.2 Å². The topological polar surface area (TPSA) is 125 Å². The predicted octanol–water partition coefficient (Wildman–Crippen LogP) is 11.5. The summed E-state index contributed by atoms with van der Waals surface area (Å²) in [5, 5.41) is -0.111. The molecule has 0 atom stereocenters. The maximum absolute atomic E-state index is 13.2. The number of aromatic nitrogens is 2. The van der Waals surface area contributed by atoms with Crippen LogP contribution in [0.2, 0.25) is 10.2 Å². The van der Waals surface area contributed by atoms with Gasteiger partial charge < -0.3 is 9.97 Å². The fourth-order valence-corrected chi connectivity index (χ4v) is 6.87. The first kappa shape index (κ1) is 48.4. The van der Waals surface area contributed by atoms with Crippen molar-refractivity contribution in [1.29, 1.82) is 0 Å². The number of aryl methyl sites for hydroxylation is 3. The fourth-order valence-electron chi connectivity index (χ4n) is 6.46. The van der Waals surface area contributed by atoms with Crippen molar-refractivity contribution in [3.8, 4) is 22.4 Å². The van der Waals surface area contributed by atoms with Crippen molar-refractivity contribution in [2.24, 2.45) is 9.98 Å². The van der Waals surface area contributed by atoms with Crippen molar-refractivity contribution >= 4 is 58.6 Å². The number of Topliss-reactive ketones (excluding diaryl/α,β-unsaturated/α-hetero) is 2. The molecule has 12 heteroatoms. The first-order valence-corrected chi connectivity index (χ1v) is 19.2.